The molecule has 3 rings (SSSR count). The number of para-hydroxylation sites is 1. The molecule has 0 radical (unpaired) electrons. The third-order valence-electron chi connectivity index (χ3n) is 3.53. The van der Waals surface area contributed by atoms with E-state index in [1.165, 1.54) is 0 Å². The Morgan fingerprint density at radius 1 is 0.739 bits per heavy atom. The first kappa shape index (κ1) is 14.8. The lowest BCUT2D eigenvalue weighted by Gasteiger charge is -2.09. The van der Waals surface area contributed by atoms with Gasteiger partial charge in [0.1, 0.15) is 22.9 Å². The minimum absolute atomic E-state index is 0.0695. The van der Waals surface area contributed by atoms with Crippen molar-refractivity contribution in [2.45, 2.75) is 0 Å². The Balaban J connectivity index is 2.10. The summed E-state index contributed by atoms with van der Waals surface area (Å²) in [6.07, 6.45) is 0. The van der Waals surface area contributed by atoms with E-state index in [4.69, 9.17) is 9.47 Å². The van der Waals surface area contributed by atoms with Gasteiger partial charge in [0.05, 0.1) is 14.2 Å². The predicted octanol–water partition coefficient (Wildman–Crippen LogP) is 4.98. The second-order valence-electron chi connectivity index (χ2n) is 4.86. The Bertz CT molecular complexity index is 875. The van der Waals surface area contributed by atoms with Crippen LogP contribution in [-0.4, -0.2) is 19.3 Å². The quantitative estimate of drug-likeness (QED) is 0.691. The van der Waals surface area contributed by atoms with Crippen molar-refractivity contribution in [2.75, 3.05) is 14.2 Å². The zero-order chi connectivity index (χ0) is 16.2. The number of ether oxygens (including phenoxy) is 2. The van der Waals surface area contributed by atoms with E-state index in [1.807, 2.05) is 36.4 Å². The second-order valence-corrected chi connectivity index (χ2v) is 4.86. The summed E-state index contributed by atoms with van der Waals surface area (Å²) < 4.78 is 10.6. The number of fused-ring (bicyclic) bond motifs is 1. The van der Waals surface area contributed by atoms with Crippen molar-refractivity contribution in [2.24, 2.45) is 10.2 Å². The summed E-state index contributed by atoms with van der Waals surface area (Å²) in [7, 11) is 3.16. The van der Waals surface area contributed by atoms with Gasteiger partial charge in [-0.25, -0.2) is 0 Å². The fraction of sp³-hybridized carbons (Fsp3) is 0.111. The van der Waals surface area contributed by atoms with Crippen LogP contribution in [0.25, 0.3) is 10.8 Å². The highest BCUT2D eigenvalue weighted by Crippen LogP contribution is 2.41. The minimum atomic E-state index is 0.0695. The maximum absolute atomic E-state index is 10.4. The molecule has 3 aromatic rings. The zero-order valence-corrected chi connectivity index (χ0v) is 12.9. The number of rotatable bonds is 4. The number of hydrogen-bond acceptors (Lipinski definition) is 5. The summed E-state index contributed by atoms with van der Waals surface area (Å²) in [6, 6.07) is 16.4. The second kappa shape index (κ2) is 6.36. The number of azo groups is 1. The molecule has 0 atom stereocenters. The predicted molar refractivity (Wildman–Crippen MR) is 89.3 cm³/mol. The molecule has 0 bridgehead atoms. The van der Waals surface area contributed by atoms with Gasteiger partial charge in [0.15, 0.2) is 5.75 Å². The fourth-order valence-corrected chi connectivity index (χ4v) is 2.38. The first-order valence-electron chi connectivity index (χ1n) is 7.08. The maximum Gasteiger partial charge on any atom is 0.151 e. The average molecular weight is 308 g/mol. The summed E-state index contributed by atoms with van der Waals surface area (Å²) >= 11 is 0. The van der Waals surface area contributed by atoms with E-state index < -0.39 is 0 Å². The highest BCUT2D eigenvalue weighted by atomic mass is 16.5. The zero-order valence-electron chi connectivity index (χ0n) is 12.9. The van der Waals surface area contributed by atoms with Crippen LogP contribution in [0.15, 0.2) is 64.8 Å². The van der Waals surface area contributed by atoms with Gasteiger partial charge in [-0.15, -0.1) is 10.2 Å². The lowest BCUT2D eigenvalue weighted by atomic mass is 10.1. The third kappa shape index (κ3) is 2.81. The van der Waals surface area contributed by atoms with Crippen LogP contribution in [0.3, 0.4) is 0 Å². The molecule has 0 fully saturated rings. The molecule has 0 unspecified atom stereocenters. The third-order valence-corrected chi connectivity index (χ3v) is 3.53. The van der Waals surface area contributed by atoms with Gasteiger partial charge in [0.2, 0.25) is 0 Å². The van der Waals surface area contributed by atoms with E-state index in [0.29, 0.717) is 28.3 Å². The van der Waals surface area contributed by atoms with Crippen LogP contribution < -0.4 is 9.47 Å². The number of hydrogen-bond donors (Lipinski definition) is 1. The molecule has 3 aromatic carbocycles. The van der Waals surface area contributed by atoms with Gasteiger partial charge in [-0.05, 0) is 12.1 Å². The molecule has 5 heteroatoms. The molecule has 116 valence electrons. The van der Waals surface area contributed by atoms with Crippen molar-refractivity contribution in [3.05, 3.63) is 54.6 Å². The first-order chi connectivity index (χ1) is 11.2. The standard InChI is InChI=1S/C18H16N2O3/c1-22-16-10-6-5-9-14(16)19-20-15-11-17(23-2)12-7-3-4-8-13(12)18(15)21/h3-11,21H,1-2H3. The SMILES string of the molecule is COc1ccccc1N=Nc1cc(OC)c2ccccc2c1O. The van der Waals surface area contributed by atoms with E-state index >= 15 is 0 Å². The van der Waals surface area contributed by atoms with Crippen LogP contribution in [0.2, 0.25) is 0 Å². The van der Waals surface area contributed by atoms with Crippen molar-refractivity contribution in [3.63, 3.8) is 0 Å². The Morgan fingerprint density at radius 2 is 1.35 bits per heavy atom. The Labute approximate surface area is 133 Å². The van der Waals surface area contributed by atoms with Gasteiger partial charge in [-0.2, -0.15) is 0 Å². The summed E-state index contributed by atoms with van der Waals surface area (Å²) in [6.45, 7) is 0. The van der Waals surface area contributed by atoms with Gasteiger partial charge < -0.3 is 14.6 Å². The molecule has 23 heavy (non-hydrogen) atoms. The van der Waals surface area contributed by atoms with Crippen molar-refractivity contribution in [1.82, 2.24) is 0 Å². The molecular formula is C18H16N2O3. The van der Waals surface area contributed by atoms with Crippen molar-refractivity contribution in [1.29, 1.82) is 0 Å². The minimum Gasteiger partial charge on any atom is -0.505 e. The molecule has 0 saturated heterocycles. The molecule has 0 aliphatic rings. The molecule has 0 amide bonds. The van der Waals surface area contributed by atoms with E-state index in [0.717, 1.165) is 5.39 Å². The van der Waals surface area contributed by atoms with E-state index in [9.17, 15) is 5.11 Å². The Hall–Kier alpha value is -3.08. The number of phenols is 1. The number of nitrogens with zero attached hydrogens (tertiary/aromatic N) is 2. The van der Waals surface area contributed by atoms with E-state index in [-0.39, 0.29) is 5.75 Å². The maximum atomic E-state index is 10.4. The topological polar surface area (TPSA) is 63.4 Å². The molecule has 1 N–H and O–H groups in total. The van der Waals surface area contributed by atoms with Crippen LogP contribution in [0.1, 0.15) is 0 Å². The van der Waals surface area contributed by atoms with Crippen LogP contribution in [0.5, 0.6) is 17.2 Å². The molecule has 0 aromatic heterocycles. The van der Waals surface area contributed by atoms with E-state index in [1.54, 1.807) is 32.4 Å². The van der Waals surface area contributed by atoms with Crippen molar-refractivity contribution in [3.8, 4) is 17.2 Å². The smallest absolute Gasteiger partial charge is 0.151 e. The largest absolute Gasteiger partial charge is 0.505 e. The average Bonchev–Trinajstić information content (AvgIpc) is 2.61. The van der Waals surface area contributed by atoms with E-state index in [2.05, 4.69) is 10.2 Å². The number of phenolic OH excluding ortho intramolecular Hbond substituents is 1. The normalized spacial score (nSPS) is 11.0. The van der Waals surface area contributed by atoms with Crippen molar-refractivity contribution < 1.29 is 14.6 Å². The molecule has 0 saturated carbocycles. The molecule has 0 aliphatic carbocycles. The number of aromatic hydroxyl groups is 1. The molecule has 0 heterocycles. The molecule has 5 nitrogen and oxygen atoms in total. The highest BCUT2D eigenvalue weighted by molar-refractivity contribution is 5.97. The van der Waals surface area contributed by atoms with Gasteiger partial charge in [0.25, 0.3) is 0 Å². The molecular weight excluding hydrogens is 292 g/mol. The highest BCUT2D eigenvalue weighted by Gasteiger charge is 2.11. The number of benzene rings is 3. The molecule has 0 spiro atoms. The van der Waals surface area contributed by atoms with Gasteiger partial charge in [-0.3, -0.25) is 0 Å². The van der Waals surface area contributed by atoms with Crippen LogP contribution >= 0.6 is 0 Å². The Kier molecular flexibility index (Phi) is 4.10. The lowest BCUT2D eigenvalue weighted by molar-refractivity contribution is 0.415. The van der Waals surface area contributed by atoms with Crippen LogP contribution in [-0.2, 0) is 0 Å². The lowest BCUT2D eigenvalue weighted by Crippen LogP contribution is -1.85. The Morgan fingerprint density at radius 3 is 2.09 bits per heavy atom. The summed E-state index contributed by atoms with van der Waals surface area (Å²) in [5, 5.41) is 20.3. The van der Waals surface area contributed by atoms with Gasteiger partial charge in [-0.1, -0.05) is 36.4 Å². The van der Waals surface area contributed by atoms with Gasteiger partial charge in [0, 0.05) is 16.8 Å². The summed E-state index contributed by atoms with van der Waals surface area (Å²) in [4.78, 5) is 0. The number of methoxy groups -OCH3 is 2. The fourth-order valence-electron chi connectivity index (χ4n) is 2.38. The van der Waals surface area contributed by atoms with Crippen molar-refractivity contribution >= 4 is 22.1 Å². The van der Waals surface area contributed by atoms with Crippen LogP contribution in [0.4, 0.5) is 11.4 Å². The summed E-state index contributed by atoms with van der Waals surface area (Å²) in [5.41, 5.74) is 0.924. The molecule has 0 aliphatic heterocycles. The first-order valence-corrected chi connectivity index (χ1v) is 7.08. The van der Waals surface area contributed by atoms with Gasteiger partial charge >= 0.3 is 0 Å². The van der Waals surface area contributed by atoms with Crippen LogP contribution in [0, 0.1) is 0 Å². The monoisotopic (exact) mass is 308 g/mol. The summed E-state index contributed by atoms with van der Waals surface area (Å²) in [5.74, 6) is 1.32.